The molecule has 0 saturated carbocycles. The molecule has 0 fully saturated rings. The van der Waals surface area contributed by atoms with Crippen LogP contribution >= 0.6 is 27.3 Å². The molecule has 3 aromatic rings. The van der Waals surface area contributed by atoms with Crippen LogP contribution in [0.5, 0.6) is 0 Å². The zero-order chi connectivity index (χ0) is 13.2. The molecule has 5 heteroatoms. The molecule has 3 N–H and O–H groups in total. The minimum absolute atomic E-state index is 0.224. The molecule has 0 radical (unpaired) electrons. The van der Waals surface area contributed by atoms with Crippen molar-refractivity contribution in [2.75, 3.05) is 0 Å². The molecule has 0 saturated heterocycles. The molecule has 96 valence electrons. The van der Waals surface area contributed by atoms with Gasteiger partial charge in [0.05, 0.1) is 22.8 Å². The third-order valence-electron chi connectivity index (χ3n) is 2.88. The molecule has 1 unspecified atom stereocenters. The minimum Gasteiger partial charge on any atom is -0.340 e. The van der Waals surface area contributed by atoms with Gasteiger partial charge in [-0.05, 0) is 27.6 Å². The fourth-order valence-electron chi connectivity index (χ4n) is 1.89. The van der Waals surface area contributed by atoms with E-state index in [0.717, 1.165) is 26.4 Å². The Hall–Kier alpha value is -1.43. The summed E-state index contributed by atoms with van der Waals surface area (Å²) in [6.45, 7) is 0. The molecular formula is C14H12BrN3S. The fraction of sp³-hybridized carbons (Fsp3) is 0.0714. The summed E-state index contributed by atoms with van der Waals surface area (Å²) >= 11 is 5.12. The summed E-state index contributed by atoms with van der Waals surface area (Å²) in [7, 11) is 0. The topological polar surface area (TPSA) is 54.7 Å². The highest BCUT2D eigenvalue weighted by atomic mass is 79.9. The smallest absolute Gasteiger partial charge is 0.128 e. The maximum Gasteiger partial charge on any atom is 0.128 e. The lowest BCUT2D eigenvalue weighted by Gasteiger charge is -2.08. The number of thiophene rings is 1. The monoisotopic (exact) mass is 333 g/mol. The quantitative estimate of drug-likeness (QED) is 0.762. The van der Waals surface area contributed by atoms with E-state index < -0.39 is 0 Å². The van der Waals surface area contributed by atoms with Crippen LogP contribution in [0.4, 0.5) is 0 Å². The van der Waals surface area contributed by atoms with E-state index in [4.69, 9.17) is 5.73 Å². The molecule has 1 aromatic carbocycles. The van der Waals surface area contributed by atoms with Crippen LogP contribution in [0, 0.1) is 0 Å². The Morgan fingerprint density at radius 1 is 1.26 bits per heavy atom. The molecular weight excluding hydrogens is 322 g/mol. The first kappa shape index (κ1) is 12.6. The predicted molar refractivity (Wildman–Crippen MR) is 82.1 cm³/mol. The van der Waals surface area contributed by atoms with E-state index in [1.807, 2.05) is 41.9 Å². The normalized spacial score (nSPS) is 12.5. The van der Waals surface area contributed by atoms with E-state index in [2.05, 4.69) is 32.0 Å². The molecule has 0 bridgehead atoms. The van der Waals surface area contributed by atoms with Crippen LogP contribution in [0.1, 0.15) is 17.4 Å². The molecule has 2 aromatic heterocycles. The van der Waals surface area contributed by atoms with E-state index in [1.165, 1.54) is 0 Å². The number of hydrogen-bond acceptors (Lipinski definition) is 3. The second kappa shape index (κ2) is 5.28. The van der Waals surface area contributed by atoms with Crippen LogP contribution in [0.2, 0.25) is 0 Å². The summed E-state index contributed by atoms with van der Waals surface area (Å²) in [6, 6.07) is 11.8. The number of halogens is 1. The second-order valence-electron chi connectivity index (χ2n) is 4.20. The Morgan fingerprint density at radius 2 is 2.05 bits per heavy atom. The Labute approximate surface area is 123 Å². The lowest BCUT2D eigenvalue weighted by Crippen LogP contribution is -2.13. The Kier molecular flexibility index (Phi) is 3.50. The first-order valence-corrected chi connectivity index (χ1v) is 7.51. The Morgan fingerprint density at radius 3 is 2.74 bits per heavy atom. The maximum absolute atomic E-state index is 6.21. The first-order valence-electron chi connectivity index (χ1n) is 5.84. The largest absolute Gasteiger partial charge is 0.340 e. The van der Waals surface area contributed by atoms with Gasteiger partial charge >= 0.3 is 0 Å². The van der Waals surface area contributed by atoms with Gasteiger partial charge < -0.3 is 10.7 Å². The van der Waals surface area contributed by atoms with E-state index in [1.54, 1.807) is 11.3 Å². The van der Waals surface area contributed by atoms with Crippen molar-refractivity contribution in [2.45, 2.75) is 6.04 Å². The molecule has 19 heavy (non-hydrogen) atoms. The van der Waals surface area contributed by atoms with Crippen molar-refractivity contribution in [3.63, 3.8) is 0 Å². The van der Waals surface area contributed by atoms with Gasteiger partial charge in [-0.1, -0.05) is 30.3 Å². The third kappa shape index (κ3) is 2.63. The number of aromatic amines is 1. The number of nitrogens with two attached hydrogens (primary N) is 1. The van der Waals surface area contributed by atoms with Crippen molar-refractivity contribution in [3.8, 4) is 10.6 Å². The second-order valence-corrected chi connectivity index (χ2v) is 6.03. The molecule has 3 rings (SSSR count). The zero-order valence-corrected chi connectivity index (χ0v) is 12.4. The summed E-state index contributed by atoms with van der Waals surface area (Å²) in [5, 5.41) is 2.05. The SMILES string of the molecule is NC(c1ccccc1)c1ncc(-c2cc(Br)cs2)[nH]1. The first-order chi connectivity index (χ1) is 9.24. The molecule has 2 heterocycles. The number of imidazole rings is 1. The van der Waals surface area contributed by atoms with Crippen LogP contribution in [0.3, 0.4) is 0 Å². The van der Waals surface area contributed by atoms with Crippen molar-refractivity contribution < 1.29 is 0 Å². The van der Waals surface area contributed by atoms with E-state index in [9.17, 15) is 0 Å². The minimum atomic E-state index is -0.224. The van der Waals surface area contributed by atoms with Crippen LogP contribution in [0.25, 0.3) is 10.6 Å². The molecule has 0 spiro atoms. The lowest BCUT2D eigenvalue weighted by atomic mass is 10.1. The summed E-state index contributed by atoms with van der Waals surface area (Å²) in [5.41, 5.74) is 8.26. The van der Waals surface area contributed by atoms with Crippen molar-refractivity contribution in [3.05, 3.63) is 63.8 Å². The molecule has 0 aliphatic heterocycles. The van der Waals surface area contributed by atoms with Gasteiger partial charge in [0.1, 0.15) is 5.82 Å². The third-order valence-corrected chi connectivity index (χ3v) is 4.61. The van der Waals surface area contributed by atoms with Crippen LogP contribution in [-0.2, 0) is 0 Å². The number of aromatic nitrogens is 2. The number of benzene rings is 1. The number of rotatable bonds is 3. The molecule has 0 aliphatic carbocycles. The number of nitrogens with zero attached hydrogens (tertiary/aromatic N) is 1. The summed E-state index contributed by atoms with van der Waals surface area (Å²) in [5.74, 6) is 0.783. The lowest BCUT2D eigenvalue weighted by molar-refractivity contribution is 0.801. The highest BCUT2D eigenvalue weighted by Crippen LogP contribution is 2.29. The molecule has 0 aliphatic rings. The average Bonchev–Trinajstić information content (AvgIpc) is 3.07. The van der Waals surface area contributed by atoms with Gasteiger partial charge in [-0.25, -0.2) is 4.98 Å². The summed E-state index contributed by atoms with van der Waals surface area (Å²) < 4.78 is 1.08. The van der Waals surface area contributed by atoms with Gasteiger partial charge in [-0.3, -0.25) is 0 Å². The van der Waals surface area contributed by atoms with Crippen molar-refractivity contribution in [1.29, 1.82) is 0 Å². The highest BCUT2D eigenvalue weighted by Gasteiger charge is 2.13. The highest BCUT2D eigenvalue weighted by molar-refractivity contribution is 9.10. The molecule has 1 atom stereocenters. The Balaban J connectivity index is 1.89. The van der Waals surface area contributed by atoms with Gasteiger partial charge in [0.2, 0.25) is 0 Å². The van der Waals surface area contributed by atoms with Gasteiger partial charge in [0.15, 0.2) is 0 Å². The zero-order valence-electron chi connectivity index (χ0n) is 10.0. The van der Waals surface area contributed by atoms with Crippen molar-refractivity contribution >= 4 is 27.3 Å². The number of hydrogen-bond donors (Lipinski definition) is 2. The van der Waals surface area contributed by atoms with Crippen LogP contribution in [-0.4, -0.2) is 9.97 Å². The van der Waals surface area contributed by atoms with Gasteiger partial charge in [-0.2, -0.15) is 0 Å². The van der Waals surface area contributed by atoms with Gasteiger partial charge in [0, 0.05) is 9.85 Å². The maximum atomic E-state index is 6.21. The predicted octanol–water partition coefficient (Wildman–Crippen LogP) is 3.95. The number of H-pyrrole nitrogens is 1. The number of nitrogens with one attached hydrogen (secondary N) is 1. The molecule has 3 nitrogen and oxygen atoms in total. The standard InChI is InChI=1S/C14H12BrN3S/c15-10-6-12(19-8-10)11-7-17-14(18-11)13(16)9-4-2-1-3-5-9/h1-8,13H,16H2,(H,17,18). The summed E-state index contributed by atoms with van der Waals surface area (Å²) in [6.07, 6.45) is 1.83. The average molecular weight is 334 g/mol. The Bertz CT molecular complexity index is 675. The van der Waals surface area contributed by atoms with Crippen molar-refractivity contribution in [1.82, 2.24) is 9.97 Å². The van der Waals surface area contributed by atoms with E-state index in [-0.39, 0.29) is 6.04 Å². The van der Waals surface area contributed by atoms with Crippen molar-refractivity contribution in [2.24, 2.45) is 5.73 Å². The van der Waals surface area contributed by atoms with E-state index >= 15 is 0 Å². The molecule has 0 amide bonds. The van der Waals surface area contributed by atoms with Crippen LogP contribution in [0.15, 0.2) is 52.4 Å². The van der Waals surface area contributed by atoms with E-state index in [0.29, 0.717) is 0 Å². The van der Waals surface area contributed by atoms with Gasteiger partial charge in [0.25, 0.3) is 0 Å². The van der Waals surface area contributed by atoms with Crippen LogP contribution < -0.4 is 5.73 Å². The van der Waals surface area contributed by atoms with Gasteiger partial charge in [-0.15, -0.1) is 11.3 Å². The fourth-order valence-corrected chi connectivity index (χ4v) is 3.29. The summed E-state index contributed by atoms with van der Waals surface area (Å²) in [4.78, 5) is 8.83.